The first-order chi connectivity index (χ1) is 11.1. The Labute approximate surface area is 144 Å². The largest absolute Gasteiger partial charge is 0.483 e. The smallest absolute Gasteiger partial charge is 0.210 e. The molecule has 2 rings (SSSR count). The van der Waals surface area contributed by atoms with Crippen LogP contribution in [0.25, 0.3) is 0 Å². The van der Waals surface area contributed by atoms with Gasteiger partial charge in [-0.2, -0.15) is 0 Å². The second-order valence-corrected chi connectivity index (χ2v) is 7.56. The molecule has 6 heteroatoms. The van der Waals surface area contributed by atoms with E-state index in [1.165, 1.54) is 0 Å². The average molecular weight is 344 g/mol. The van der Waals surface area contributed by atoms with Gasteiger partial charge in [0.05, 0.1) is 25.0 Å². The Morgan fingerprint density at radius 2 is 2.00 bits per heavy atom. The highest BCUT2D eigenvalue weighted by Gasteiger charge is 2.32. The van der Waals surface area contributed by atoms with Crippen LogP contribution in [0.5, 0.6) is 0 Å². The molecule has 0 aromatic heterocycles. The number of ether oxygens (including phenoxy) is 2. The molecule has 1 atom stereocenters. The standard InChI is InChI=1S/C17H31N2O3S/c1-4-18(5-2)6-7-19(8-11-21-12-9-19)10-13-22-16-14-23-15(3)17(16)20/h14-15H,4-13H2,1-3H3/q+1. The SMILES string of the molecule is CCN(CC)CC[N+]1(CCOC2=CSC(C)C2=O)CCOCC1. The lowest BCUT2D eigenvalue weighted by atomic mass is 10.2. The van der Waals surface area contributed by atoms with Crippen LogP contribution in [0.1, 0.15) is 20.8 Å². The molecule has 23 heavy (non-hydrogen) atoms. The molecular weight excluding hydrogens is 312 g/mol. The summed E-state index contributed by atoms with van der Waals surface area (Å²) in [5.41, 5.74) is 0. The molecule has 0 aliphatic carbocycles. The van der Waals surface area contributed by atoms with E-state index in [9.17, 15) is 4.79 Å². The van der Waals surface area contributed by atoms with Crippen molar-refractivity contribution in [3.8, 4) is 0 Å². The molecule has 2 heterocycles. The lowest BCUT2D eigenvalue weighted by molar-refractivity contribution is -0.934. The van der Waals surface area contributed by atoms with Crippen molar-refractivity contribution >= 4 is 17.5 Å². The maximum absolute atomic E-state index is 11.9. The topological polar surface area (TPSA) is 38.8 Å². The van der Waals surface area contributed by atoms with Gasteiger partial charge in [0.15, 0.2) is 5.76 Å². The number of carbonyl (C=O) groups is 1. The predicted octanol–water partition coefficient (Wildman–Crippen LogP) is 1.74. The molecule has 0 radical (unpaired) electrons. The number of allylic oxidation sites excluding steroid dienone is 1. The van der Waals surface area contributed by atoms with Gasteiger partial charge in [-0.15, -0.1) is 11.8 Å². The Balaban J connectivity index is 1.84. The number of nitrogens with zero attached hydrogens (tertiary/aromatic N) is 2. The van der Waals surface area contributed by atoms with Gasteiger partial charge in [0.1, 0.15) is 26.2 Å². The molecular formula is C17H31N2O3S+. The van der Waals surface area contributed by atoms with Crippen molar-refractivity contribution in [2.45, 2.75) is 26.0 Å². The van der Waals surface area contributed by atoms with Gasteiger partial charge in [-0.3, -0.25) is 9.69 Å². The van der Waals surface area contributed by atoms with Crippen LogP contribution < -0.4 is 0 Å². The van der Waals surface area contributed by atoms with E-state index >= 15 is 0 Å². The van der Waals surface area contributed by atoms with Crippen LogP contribution in [-0.2, 0) is 14.3 Å². The highest BCUT2D eigenvalue weighted by molar-refractivity contribution is 8.03. The van der Waals surface area contributed by atoms with Crippen molar-refractivity contribution in [3.05, 3.63) is 11.2 Å². The number of quaternary nitrogens is 1. The van der Waals surface area contributed by atoms with E-state index in [-0.39, 0.29) is 11.0 Å². The predicted molar refractivity (Wildman–Crippen MR) is 94.4 cm³/mol. The van der Waals surface area contributed by atoms with Crippen LogP contribution in [0.3, 0.4) is 0 Å². The summed E-state index contributed by atoms with van der Waals surface area (Å²) in [5, 5.41) is 1.88. The van der Waals surface area contributed by atoms with E-state index in [0.29, 0.717) is 12.4 Å². The zero-order valence-electron chi connectivity index (χ0n) is 14.8. The summed E-state index contributed by atoms with van der Waals surface area (Å²) >= 11 is 1.55. The third-order valence-electron chi connectivity index (χ3n) is 5.02. The molecule has 0 aromatic rings. The van der Waals surface area contributed by atoms with Crippen LogP contribution in [0.4, 0.5) is 0 Å². The van der Waals surface area contributed by atoms with Gasteiger partial charge < -0.3 is 14.0 Å². The normalized spacial score (nSPS) is 24.1. The number of likely N-dealkylation sites (N-methyl/N-ethyl adjacent to an activating group) is 1. The number of morpholine rings is 1. The highest BCUT2D eigenvalue weighted by atomic mass is 32.2. The molecule has 1 fully saturated rings. The number of hydrogen-bond acceptors (Lipinski definition) is 5. The van der Waals surface area contributed by atoms with Crippen LogP contribution in [0, 0.1) is 0 Å². The van der Waals surface area contributed by atoms with Crippen LogP contribution in [0.15, 0.2) is 11.2 Å². The van der Waals surface area contributed by atoms with E-state index in [1.807, 2.05) is 12.3 Å². The fourth-order valence-electron chi connectivity index (χ4n) is 3.12. The van der Waals surface area contributed by atoms with E-state index < -0.39 is 0 Å². The average Bonchev–Trinajstić information content (AvgIpc) is 2.89. The monoisotopic (exact) mass is 343 g/mol. The molecule has 0 saturated carbocycles. The van der Waals surface area contributed by atoms with E-state index in [2.05, 4.69) is 18.7 Å². The molecule has 0 aromatic carbocycles. The van der Waals surface area contributed by atoms with Crippen LogP contribution in [0.2, 0.25) is 0 Å². The molecule has 2 aliphatic heterocycles. The highest BCUT2D eigenvalue weighted by Crippen LogP contribution is 2.27. The summed E-state index contributed by atoms with van der Waals surface area (Å²) in [5.74, 6) is 0.685. The first-order valence-corrected chi connectivity index (χ1v) is 9.72. The molecule has 0 bridgehead atoms. The molecule has 0 N–H and O–H groups in total. The number of Topliss-reactive ketones (excluding diaryl/α,β-unsaturated/α-hetero) is 1. The quantitative estimate of drug-likeness (QED) is 0.596. The van der Waals surface area contributed by atoms with E-state index in [4.69, 9.17) is 9.47 Å². The third-order valence-corrected chi connectivity index (χ3v) is 5.99. The Bertz CT molecular complexity index is 418. The van der Waals surface area contributed by atoms with Crippen molar-refractivity contribution in [2.24, 2.45) is 0 Å². The second kappa shape index (κ2) is 9.06. The number of ketones is 1. The summed E-state index contributed by atoms with van der Waals surface area (Å²) in [7, 11) is 0. The molecule has 132 valence electrons. The first-order valence-electron chi connectivity index (χ1n) is 8.78. The summed E-state index contributed by atoms with van der Waals surface area (Å²) in [6.07, 6.45) is 0. The Hall–Kier alpha value is -0.560. The zero-order valence-corrected chi connectivity index (χ0v) is 15.6. The molecule has 5 nitrogen and oxygen atoms in total. The Morgan fingerprint density at radius 1 is 1.30 bits per heavy atom. The van der Waals surface area contributed by atoms with E-state index in [0.717, 1.165) is 63.5 Å². The molecule has 0 spiro atoms. The van der Waals surface area contributed by atoms with Gasteiger partial charge in [0.25, 0.3) is 0 Å². The van der Waals surface area contributed by atoms with Crippen molar-refractivity contribution in [3.63, 3.8) is 0 Å². The Morgan fingerprint density at radius 3 is 2.57 bits per heavy atom. The fourth-order valence-corrected chi connectivity index (χ4v) is 3.87. The number of hydrogen-bond donors (Lipinski definition) is 0. The minimum Gasteiger partial charge on any atom is -0.483 e. The second-order valence-electron chi connectivity index (χ2n) is 6.35. The summed E-state index contributed by atoms with van der Waals surface area (Å²) in [6, 6.07) is 0. The van der Waals surface area contributed by atoms with Gasteiger partial charge in [-0.25, -0.2) is 0 Å². The van der Waals surface area contributed by atoms with Crippen LogP contribution >= 0.6 is 11.8 Å². The number of thioether (sulfide) groups is 1. The molecule has 2 aliphatic rings. The van der Waals surface area contributed by atoms with Crippen molar-refractivity contribution < 1.29 is 18.8 Å². The van der Waals surface area contributed by atoms with Crippen LogP contribution in [-0.4, -0.2) is 86.1 Å². The van der Waals surface area contributed by atoms with Gasteiger partial charge in [-0.05, 0) is 20.0 Å². The summed E-state index contributed by atoms with van der Waals surface area (Å²) in [4.78, 5) is 14.4. The Kier molecular flexibility index (Phi) is 7.40. The first kappa shape index (κ1) is 18.8. The van der Waals surface area contributed by atoms with Crippen molar-refractivity contribution in [1.29, 1.82) is 0 Å². The van der Waals surface area contributed by atoms with Crippen molar-refractivity contribution in [2.75, 3.05) is 65.6 Å². The minimum absolute atomic E-state index is 0.0131. The lowest BCUT2D eigenvalue weighted by Crippen LogP contribution is -2.59. The van der Waals surface area contributed by atoms with Gasteiger partial charge in [0, 0.05) is 12.0 Å². The van der Waals surface area contributed by atoms with Crippen molar-refractivity contribution in [1.82, 2.24) is 4.90 Å². The molecule has 0 amide bonds. The third kappa shape index (κ3) is 5.21. The van der Waals surface area contributed by atoms with Gasteiger partial charge >= 0.3 is 0 Å². The number of carbonyl (C=O) groups excluding carboxylic acids is 1. The van der Waals surface area contributed by atoms with Gasteiger partial charge in [-0.1, -0.05) is 13.8 Å². The minimum atomic E-state index is 0.0131. The zero-order chi connectivity index (χ0) is 16.7. The summed E-state index contributed by atoms with van der Waals surface area (Å²) in [6.45, 7) is 16.1. The molecule has 1 saturated heterocycles. The fraction of sp³-hybridized carbons (Fsp3) is 0.824. The lowest BCUT2D eigenvalue weighted by Gasteiger charge is -2.42. The van der Waals surface area contributed by atoms with Gasteiger partial charge in [0.2, 0.25) is 5.78 Å². The van der Waals surface area contributed by atoms with E-state index in [1.54, 1.807) is 11.8 Å². The number of rotatable bonds is 9. The maximum atomic E-state index is 11.9. The summed E-state index contributed by atoms with van der Waals surface area (Å²) < 4.78 is 12.4. The molecule has 1 unspecified atom stereocenters. The maximum Gasteiger partial charge on any atom is 0.210 e.